The van der Waals surface area contributed by atoms with Crippen LogP contribution in [0.1, 0.15) is 47.1 Å². The number of β-amino-alcohol motifs (C(OH)–C–C–N with tert-alkyl or cyclic N) is 1. The van der Waals surface area contributed by atoms with Crippen molar-refractivity contribution in [1.82, 2.24) is 24.9 Å². The fraction of sp³-hybridized carbons (Fsp3) is 0.742. The van der Waals surface area contributed by atoms with Gasteiger partial charge in [0.2, 0.25) is 0 Å². The highest BCUT2D eigenvalue weighted by atomic mass is 31.1. The van der Waals surface area contributed by atoms with Gasteiger partial charge in [-0.2, -0.15) is 0 Å². The highest BCUT2D eigenvalue weighted by molar-refractivity contribution is 7.17. The minimum absolute atomic E-state index is 0.0610. The molecule has 1 aromatic rings. The SMILES string of the molecule is CC(C)(C)CN1CCN(COP=O)CCN(CC(=O)OC(C)(C)C)CCN(CC(O)CNC(=O)OCc2ccccc2)CC1. The molecule has 1 saturated heterocycles. The van der Waals surface area contributed by atoms with Gasteiger partial charge in [0.1, 0.15) is 18.9 Å². The number of ether oxygens (including phenoxy) is 2. The van der Waals surface area contributed by atoms with Gasteiger partial charge in [0.05, 0.1) is 12.6 Å². The summed E-state index contributed by atoms with van der Waals surface area (Å²) in [6.07, 6.45) is -1.38. The standard InChI is InChI=1S/C31H54N5O7P/c1-30(2,3)24-35-16-14-33(21-27(37)20-32-29(39)41-23-26-10-8-7-9-11-26)12-13-34(22-28(38)43-31(4,5)6)15-18-36(19-17-35)25-42-44-40/h7-11,27,37H,12-25H2,1-6H3,(H,32,39). The van der Waals surface area contributed by atoms with Crippen molar-refractivity contribution >= 4 is 20.7 Å². The summed E-state index contributed by atoms with van der Waals surface area (Å²) >= 11 is 0. The molecule has 0 aliphatic carbocycles. The van der Waals surface area contributed by atoms with Gasteiger partial charge in [-0.1, -0.05) is 51.1 Å². The molecule has 2 N–H and O–H groups in total. The summed E-state index contributed by atoms with van der Waals surface area (Å²) in [5.41, 5.74) is 0.391. The fourth-order valence-corrected chi connectivity index (χ4v) is 5.09. The lowest BCUT2D eigenvalue weighted by Gasteiger charge is -2.36. The van der Waals surface area contributed by atoms with E-state index in [1.54, 1.807) is 0 Å². The molecule has 1 aromatic carbocycles. The van der Waals surface area contributed by atoms with Crippen molar-refractivity contribution in [1.29, 1.82) is 0 Å². The third-order valence-electron chi connectivity index (χ3n) is 6.86. The molecular weight excluding hydrogens is 585 g/mol. The molecule has 1 atom stereocenters. The molecule has 44 heavy (non-hydrogen) atoms. The van der Waals surface area contributed by atoms with E-state index in [0.717, 1.165) is 25.2 Å². The summed E-state index contributed by atoms with van der Waals surface area (Å²) in [4.78, 5) is 33.7. The second-order valence-corrected chi connectivity index (χ2v) is 14.0. The van der Waals surface area contributed by atoms with Crippen LogP contribution in [0, 0.1) is 5.41 Å². The van der Waals surface area contributed by atoms with E-state index < -0.39 is 17.8 Å². The van der Waals surface area contributed by atoms with Gasteiger partial charge in [0.15, 0.2) is 0 Å². The summed E-state index contributed by atoms with van der Waals surface area (Å²) in [6, 6.07) is 9.43. The van der Waals surface area contributed by atoms with Gasteiger partial charge in [0.25, 0.3) is 0 Å². The third kappa shape index (κ3) is 17.9. The Bertz CT molecular complexity index is 990. The Labute approximate surface area is 265 Å². The Kier molecular flexibility index (Phi) is 16.7. The van der Waals surface area contributed by atoms with E-state index in [0.29, 0.717) is 45.8 Å². The number of nitrogens with zero attached hydrogens (tertiary/aromatic N) is 4. The summed E-state index contributed by atoms with van der Waals surface area (Å²) in [5.74, 6) is -0.299. The molecule has 1 heterocycles. The number of alkyl carbamates (subject to hydrolysis) is 1. The first kappa shape index (κ1) is 38.0. The van der Waals surface area contributed by atoms with Gasteiger partial charge in [-0.15, -0.1) is 0 Å². The zero-order valence-electron chi connectivity index (χ0n) is 27.5. The number of nitrogens with one attached hydrogen (secondary N) is 1. The van der Waals surface area contributed by atoms with Crippen LogP contribution in [0.2, 0.25) is 0 Å². The highest BCUT2D eigenvalue weighted by Crippen LogP contribution is 2.16. The lowest BCUT2D eigenvalue weighted by molar-refractivity contribution is -0.156. The Balaban J connectivity index is 2.07. The zero-order chi connectivity index (χ0) is 32.6. The average molecular weight is 640 g/mol. The molecule has 1 unspecified atom stereocenters. The van der Waals surface area contributed by atoms with E-state index in [2.05, 4.69) is 40.8 Å². The fourth-order valence-electron chi connectivity index (χ4n) is 4.88. The van der Waals surface area contributed by atoms with E-state index in [-0.39, 0.29) is 46.5 Å². The van der Waals surface area contributed by atoms with Crippen LogP contribution in [0.15, 0.2) is 30.3 Å². The van der Waals surface area contributed by atoms with Gasteiger partial charge in [-0.25, -0.2) is 9.36 Å². The molecule has 12 nitrogen and oxygen atoms in total. The number of hydrogen-bond donors (Lipinski definition) is 2. The van der Waals surface area contributed by atoms with Crippen molar-refractivity contribution in [2.45, 2.75) is 59.9 Å². The van der Waals surface area contributed by atoms with Crippen LogP contribution in [0.5, 0.6) is 0 Å². The molecular formula is C31H54N5O7P. The summed E-state index contributed by atoms with van der Waals surface area (Å²) in [7, 11) is -0.362. The minimum Gasteiger partial charge on any atom is -0.459 e. The third-order valence-corrected chi connectivity index (χ3v) is 7.08. The molecule has 250 valence electrons. The second-order valence-electron chi connectivity index (χ2n) is 13.5. The Hall–Kier alpha value is -2.18. The van der Waals surface area contributed by atoms with Crippen LogP contribution in [-0.4, -0.2) is 134 Å². The van der Waals surface area contributed by atoms with Gasteiger partial charge in [-0.05, 0) is 31.7 Å². The van der Waals surface area contributed by atoms with Crippen molar-refractivity contribution in [2.75, 3.05) is 85.3 Å². The largest absolute Gasteiger partial charge is 0.459 e. The maximum atomic E-state index is 12.7. The number of rotatable bonds is 12. The molecule has 1 aliphatic rings. The quantitative estimate of drug-likeness (QED) is 0.259. The van der Waals surface area contributed by atoms with E-state index in [1.165, 1.54) is 0 Å². The number of hydrogen-bond acceptors (Lipinski definition) is 11. The lowest BCUT2D eigenvalue weighted by Crippen LogP contribution is -2.50. The first-order valence-electron chi connectivity index (χ1n) is 15.4. The highest BCUT2D eigenvalue weighted by Gasteiger charge is 2.24. The lowest BCUT2D eigenvalue weighted by atomic mass is 9.96. The first-order chi connectivity index (χ1) is 20.7. The van der Waals surface area contributed by atoms with Crippen LogP contribution in [0.4, 0.5) is 4.79 Å². The first-order valence-corrected chi connectivity index (χ1v) is 16.1. The number of carbonyl (C=O) groups excluding carboxylic acids is 2. The van der Waals surface area contributed by atoms with Crippen molar-refractivity contribution in [3.05, 3.63) is 35.9 Å². The number of amides is 1. The molecule has 1 fully saturated rings. The number of aliphatic hydroxyl groups excluding tert-OH is 1. The molecule has 2 rings (SSSR count). The molecule has 0 bridgehead atoms. The van der Waals surface area contributed by atoms with E-state index >= 15 is 0 Å². The van der Waals surface area contributed by atoms with Crippen LogP contribution in [-0.2, 0) is 30.0 Å². The van der Waals surface area contributed by atoms with Crippen molar-refractivity contribution < 1.29 is 33.3 Å². The average Bonchev–Trinajstić information content (AvgIpc) is 2.93. The Morgan fingerprint density at radius 2 is 1.45 bits per heavy atom. The van der Waals surface area contributed by atoms with Gasteiger partial charge in [0, 0.05) is 72.0 Å². The van der Waals surface area contributed by atoms with E-state index in [4.69, 9.17) is 14.0 Å². The zero-order valence-corrected chi connectivity index (χ0v) is 28.4. The maximum Gasteiger partial charge on any atom is 0.407 e. The molecule has 13 heteroatoms. The number of aliphatic hydroxyl groups is 1. The topological polar surface area (TPSA) is 124 Å². The molecule has 1 aliphatic heterocycles. The van der Waals surface area contributed by atoms with Crippen LogP contribution < -0.4 is 5.32 Å². The predicted molar refractivity (Wildman–Crippen MR) is 170 cm³/mol. The molecule has 0 spiro atoms. The molecule has 0 aromatic heterocycles. The Morgan fingerprint density at radius 3 is 2.02 bits per heavy atom. The summed E-state index contributed by atoms with van der Waals surface area (Å²) < 4.78 is 27.1. The van der Waals surface area contributed by atoms with Crippen LogP contribution in [0.3, 0.4) is 0 Å². The van der Waals surface area contributed by atoms with E-state index in [1.807, 2.05) is 56.0 Å². The normalized spacial score (nSPS) is 18.2. The second kappa shape index (κ2) is 19.4. The number of carbonyl (C=O) groups is 2. The molecule has 0 saturated carbocycles. The van der Waals surface area contributed by atoms with Crippen molar-refractivity contribution in [3.63, 3.8) is 0 Å². The maximum absolute atomic E-state index is 12.7. The van der Waals surface area contributed by atoms with Crippen molar-refractivity contribution in [3.8, 4) is 0 Å². The monoisotopic (exact) mass is 639 g/mol. The summed E-state index contributed by atoms with van der Waals surface area (Å²) in [5, 5.41) is 13.5. The minimum atomic E-state index is -0.804. The smallest absolute Gasteiger partial charge is 0.407 e. The van der Waals surface area contributed by atoms with Gasteiger partial charge in [-0.3, -0.25) is 24.0 Å². The number of esters is 1. The molecule has 0 radical (unpaired) electrons. The van der Waals surface area contributed by atoms with Crippen LogP contribution in [0.25, 0.3) is 0 Å². The Morgan fingerprint density at radius 1 is 0.886 bits per heavy atom. The van der Waals surface area contributed by atoms with Gasteiger partial charge < -0.3 is 24.8 Å². The predicted octanol–water partition coefficient (Wildman–Crippen LogP) is 3.06. The van der Waals surface area contributed by atoms with Gasteiger partial charge >= 0.3 is 20.7 Å². The number of benzene rings is 1. The van der Waals surface area contributed by atoms with Crippen molar-refractivity contribution in [2.24, 2.45) is 5.41 Å². The molecule has 1 amide bonds. The summed E-state index contributed by atoms with van der Waals surface area (Å²) in [6.45, 7) is 19.3. The van der Waals surface area contributed by atoms with E-state index in [9.17, 15) is 19.3 Å². The van der Waals surface area contributed by atoms with Crippen LogP contribution >= 0.6 is 8.69 Å².